The number of rotatable bonds is 0. The quantitative estimate of drug-likeness (QED) is 0.520. The predicted molar refractivity (Wildman–Crippen MR) is 56.5 cm³/mol. The molecule has 1 aliphatic heterocycles. The molecule has 0 saturated carbocycles. The molecule has 1 aliphatic rings. The van der Waals surface area contributed by atoms with Crippen LogP contribution in [-0.2, 0) is 0 Å². The molecule has 0 aromatic heterocycles. The molecular formula is C11H19N. The molecule has 1 rings (SSSR count). The van der Waals surface area contributed by atoms with Gasteiger partial charge >= 0.3 is 0 Å². The molecule has 0 aromatic carbocycles. The molecule has 0 fully saturated rings. The number of aliphatic imine (C=N–C) groups is 1. The molecule has 12 heavy (non-hydrogen) atoms. The predicted octanol–water partition coefficient (Wildman–Crippen LogP) is 3.58. The van der Waals surface area contributed by atoms with Crippen LogP contribution in [0.25, 0.3) is 0 Å². The van der Waals surface area contributed by atoms with Crippen molar-refractivity contribution >= 4 is 6.21 Å². The largest absolute Gasteiger partial charge is 0.268 e. The van der Waals surface area contributed by atoms with Crippen molar-refractivity contribution in [3.63, 3.8) is 0 Å². The molecular weight excluding hydrogens is 146 g/mol. The summed E-state index contributed by atoms with van der Waals surface area (Å²) < 4.78 is 0. The minimum atomic E-state index is 0.128. The van der Waals surface area contributed by atoms with Gasteiger partial charge in [-0.2, -0.15) is 0 Å². The normalized spacial score (nSPS) is 18.0. The van der Waals surface area contributed by atoms with Crippen molar-refractivity contribution in [1.29, 1.82) is 0 Å². The highest BCUT2D eigenvalue weighted by Gasteiger charge is 2.08. The summed E-state index contributed by atoms with van der Waals surface area (Å²) in [6.07, 6.45) is 11.1. The first-order valence-corrected chi connectivity index (χ1v) is 4.51. The Morgan fingerprint density at radius 2 is 1.75 bits per heavy atom. The van der Waals surface area contributed by atoms with E-state index in [1.54, 1.807) is 6.20 Å². The lowest BCUT2D eigenvalue weighted by Gasteiger charge is -2.10. The summed E-state index contributed by atoms with van der Waals surface area (Å²) in [5.74, 6) is 0. The Kier molecular flexibility index (Phi) is 5.35. The van der Waals surface area contributed by atoms with Crippen LogP contribution in [0.2, 0.25) is 0 Å². The van der Waals surface area contributed by atoms with Gasteiger partial charge in [0.2, 0.25) is 0 Å². The van der Waals surface area contributed by atoms with Gasteiger partial charge in [0.1, 0.15) is 0 Å². The Morgan fingerprint density at radius 3 is 2.33 bits per heavy atom. The van der Waals surface area contributed by atoms with Gasteiger partial charge in [0.05, 0.1) is 0 Å². The second-order valence-electron chi connectivity index (χ2n) is 3.51. The molecule has 0 bridgehead atoms. The Labute approximate surface area is 75.9 Å². The van der Waals surface area contributed by atoms with Gasteiger partial charge < -0.3 is 0 Å². The summed E-state index contributed by atoms with van der Waals surface area (Å²) in [6.45, 7) is 8.50. The minimum Gasteiger partial charge on any atom is -0.268 e. The Balaban J connectivity index is 0.000000354. The highest BCUT2D eigenvalue weighted by molar-refractivity contribution is 5.68. The summed E-state index contributed by atoms with van der Waals surface area (Å²) in [5, 5.41) is 0. The van der Waals surface area contributed by atoms with E-state index in [-0.39, 0.29) is 5.41 Å². The van der Waals surface area contributed by atoms with Gasteiger partial charge in [-0.1, -0.05) is 46.3 Å². The fourth-order valence-electron chi connectivity index (χ4n) is 0.681. The second kappa shape index (κ2) is 5.76. The molecule has 0 spiro atoms. The van der Waals surface area contributed by atoms with Crippen LogP contribution in [0.3, 0.4) is 0 Å². The maximum Gasteiger partial charge on any atom is 0.0264 e. The average molecular weight is 165 g/mol. The average Bonchev–Trinajstić information content (AvgIpc) is 2.14. The minimum absolute atomic E-state index is 0.128. The molecule has 1 nitrogen and oxygen atoms in total. The molecule has 1 heteroatoms. The smallest absolute Gasteiger partial charge is 0.0264 e. The fraction of sp³-hybridized carbons (Fsp3) is 0.545. The van der Waals surface area contributed by atoms with Crippen molar-refractivity contribution < 1.29 is 0 Å². The van der Waals surface area contributed by atoms with Gasteiger partial charge in [0, 0.05) is 17.8 Å². The van der Waals surface area contributed by atoms with Gasteiger partial charge in [-0.25, -0.2) is 0 Å². The zero-order chi connectivity index (χ0) is 9.45. The van der Waals surface area contributed by atoms with Gasteiger partial charge in [0.25, 0.3) is 0 Å². The summed E-state index contributed by atoms with van der Waals surface area (Å²) >= 11 is 0. The Hall–Kier alpha value is -0.850. The van der Waals surface area contributed by atoms with E-state index in [1.807, 2.05) is 18.4 Å². The molecule has 1 heterocycles. The molecule has 0 amide bonds. The van der Waals surface area contributed by atoms with Crippen molar-refractivity contribution in [1.82, 2.24) is 0 Å². The van der Waals surface area contributed by atoms with Crippen molar-refractivity contribution in [2.75, 3.05) is 0 Å². The van der Waals surface area contributed by atoms with Gasteiger partial charge in [0.15, 0.2) is 0 Å². The summed E-state index contributed by atoms with van der Waals surface area (Å²) in [7, 11) is 0. The summed E-state index contributed by atoms with van der Waals surface area (Å²) in [4.78, 5) is 4.06. The molecule has 0 aromatic rings. The molecule has 0 radical (unpaired) electrons. The first-order valence-electron chi connectivity index (χ1n) is 4.51. The van der Waals surface area contributed by atoms with E-state index in [0.717, 1.165) is 0 Å². The first kappa shape index (κ1) is 11.2. The third-order valence-electron chi connectivity index (χ3n) is 1.22. The fourth-order valence-corrected chi connectivity index (χ4v) is 0.681. The van der Waals surface area contributed by atoms with Crippen molar-refractivity contribution in [2.45, 2.75) is 34.1 Å². The lowest BCUT2D eigenvalue weighted by Crippen LogP contribution is -2.07. The highest BCUT2D eigenvalue weighted by atomic mass is 14.7. The van der Waals surface area contributed by atoms with E-state index in [9.17, 15) is 0 Å². The monoisotopic (exact) mass is 165 g/mol. The zero-order valence-corrected chi connectivity index (χ0v) is 8.54. The number of hydrogen-bond acceptors (Lipinski definition) is 1. The van der Waals surface area contributed by atoms with Gasteiger partial charge in [-0.3, -0.25) is 4.99 Å². The molecule has 0 saturated heterocycles. The Bertz CT molecular complexity index is 167. The standard InChI is InChI=1S/C8H11N.C3H8/c1-8(2)5-3-4-6-9-7-8;1-3-2/h3-7H,1-2H3;3H2,1-2H3. The van der Waals surface area contributed by atoms with Crippen LogP contribution < -0.4 is 0 Å². The van der Waals surface area contributed by atoms with E-state index in [1.165, 1.54) is 6.42 Å². The van der Waals surface area contributed by atoms with Crippen molar-refractivity contribution in [3.05, 3.63) is 24.4 Å². The van der Waals surface area contributed by atoms with Gasteiger partial charge in [-0.05, 0) is 6.08 Å². The molecule has 0 aliphatic carbocycles. The topological polar surface area (TPSA) is 12.4 Å². The van der Waals surface area contributed by atoms with E-state index in [0.29, 0.717) is 0 Å². The highest BCUT2D eigenvalue weighted by Crippen LogP contribution is 2.14. The maximum absolute atomic E-state index is 4.06. The van der Waals surface area contributed by atoms with Crippen molar-refractivity contribution in [3.8, 4) is 0 Å². The number of allylic oxidation sites excluding steroid dienone is 3. The number of nitrogens with zero attached hydrogens (tertiary/aromatic N) is 1. The van der Waals surface area contributed by atoms with Crippen molar-refractivity contribution in [2.24, 2.45) is 10.4 Å². The molecule has 0 unspecified atom stereocenters. The van der Waals surface area contributed by atoms with E-state index < -0.39 is 0 Å². The molecule has 0 N–H and O–H groups in total. The summed E-state index contributed by atoms with van der Waals surface area (Å²) in [6, 6.07) is 0. The van der Waals surface area contributed by atoms with E-state index >= 15 is 0 Å². The van der Waals surface area contributed by atoms with Crippen LogP contribution in [0.1, 0.15) is 34.1 Å². The van der Waals surface area contributed by atoms with E-state index in [2.05, 4.69) is 38.8 Å². The summed E-state index contributed by atoms with van der Waals surface area (Å²) in [5.41, 5.74) is 0.128. The van der Waals surface area contributed by atoms with E-state index in [4.69, 9.17) is 0 Å². The van der Waals surface area contributed by atoms with Gasteiger partial charge in [-0.15, -0.1) is 0 Å². The van der Waals surface area contributed by atoms with Crippen LogP contribution in [0.4, 0.5) is 0 Å². The SMILES string of the molecule is CC1(C)C=CC=CN=C1.CCC. The Morgan fingerprint density at radius 1 is 1.17 bits per heavy atom. The third kappa shape index (κ3) is 5.90. The molecule has 68 valence electrons. The second-order valence-corrected chi connectivity index (χ2v) is 3.51. The zero-order valence-electron chi connectivity index (χ0n) is 8.54. The van der Waals surface area contributed by atoms with Crippen LogP contribution >= 0.6 is 0 Å². The first-order chi connectivity index (χ1) is 5.62. The van der Waals surface area contributed by atoms with Crippen LogP contribution in [0, 0.1) is 5.41 Å². The molecule has 0 atom stereocenters. The third-order valence-corrected chi connectivity index (χ3v) is 1.22. The maximum atomic E-state index is 4.06. The van der Waals surface area contributed by atoms with Crippen LogP contribution in [0.5, 0.6) is 0 Å². The lowest BCUT2D eigenvalue weighted by molar-refractivity contribution is 0.695. The lowest BCUT2D eigenvalue weighted by atomic mass is 9.95. The number of hydrogen-bond donors (Lipinski definition) is 0. The van der Waals surface area contributed by atoms with Crippen LogP contribution in [-0.4, -0.2) is 6.21 Å². The van der Waals surface area contributed by atoms with Crippen LogP contribution in [0.15, 0.2) is 29.4 Å².